The summed E-state index contributed by atoms with van der Waals surface area (Å²) in [6.45, 7) is 3.61. The zero-order chi connectivity index (χ0) is 33.4. The molecule has 0 saturated carbocycles. The third-order valence-electron chi connectivity index (χ3n) is 5.37. The molecule has 1 aromatic rings. The van der Waals surface area contributed by atoms with E-state index in [2.05, 4.69) is 58.0 Å². The molecule has 21 heteroatoms. The lowest BCUT2D eigenvalue weighted by molar-refractivity contribution is -0.145. The molecule has 1 aromatic heterocycles. The molecule has 4 N–H and O–H groups in total. The molecule has 0 aliphatic carbocycles. The molecule has 2 rings (SSSR count). The van der Waals surface area contributed by atoms with Crippen molar-refractivity contribution in [2.45, 2.75) is 38.0 Å². The topological polar surface area (TPSA) is 187 Å². The van der Waals surface area contributed by atoms with Gasteiger partial charge in [0, 0.05) is 23.0 Å². The largest absolute Gasteiger partial charge is 0.484 e. The summed E-state index contributed by atoms with van der Waals surface area (Å²) in [5.41, 5.74) is 0. The van der Waals surface area contributed by atoms with Crippen molar-refractivity contribution in [2.75, 3.05) is 49.4 Å². The van der Waals surface area contributed by atoms with Crippen molar-refractivity contribution >= 4 is 118 Å². The van der Waals surface area contributed by atoms with Crippen molar-refractivity contribution in [1.82, 2.24) is 20.1 Å². The highest BCUT2D eigenvalue weighted by Gasteiger charge is 2.35. The Bertz CT molecular complexity index is 1190. The summed E-state index contributed by atoms with van der Waals surface area (Å²) in [5, 5.41) is 4.78. The van der Waals surface area contributed by atoms with E-state index in [4.69, 9.17) is 18.9 Å². The molecule has 14 nitrogen and oxygen atoms in total. The second-order valence-electron chi connectivity index (χ2n) is 8.58. The molecule has 2 amide bonds. The van der Waals surface area contributed by atoms with Crippen molar-refractivity contribution in [1.29, 1.82) is 0 Å². The highest BCUT2D eigenvalue weighted by molar-refractivity contribution is 8.76. The van der Waals surface area contributed by atoms with Crippen molar-refractivity contribution in [3.63, 3.8) is 0 Å². The van der Waals surface area contributed by atoms with Crippen LogP contribution in [0, 0.1) is 0 Å². The molecule has 2 unspecified atom stereocenters. The van der Waals surface area contributed by atoms with Gasteiger partial charge in [-0.05, 0) is 24.8 Å². The van der Waals surface area contributed by atoms with Gasteiger partial charge >= 0.3 is 11.9 Å². The van der Waals surface area contributed by atoms with Crippen LogP contribution in [-0.4, -0.2) is 109 Å². The van der Waals surface area contributed by atoms with Gasteiger partial charge in [-0.25, -0.2) is 14.3 Å². The van der Waals surface area contributed by atoms with Crippen LogP contribution < -0.4 is 29.6 Å². The minimum absolute atomic E-state index is 0.0124. The van der Waals surface area contributed by atoms with E-state index in [1.165, 1.54) is 10.8 Å². The maximum absolute atomic E-state index is 13.4. The second kappa shape index (κ2) is 21.4. The van der Waals surface area contributed by atoms with Gasteiger partial charge in [0.25, 0.3) is 11.8 Å². The summed E-state index contributed by atoms with van der Waals surface area (Å²) in [6.07, 6.45) is 0.705. The number of rotatable bonds is 21. The van der Waals surface area contributed by atoms with E-state index in [0.717, 1.165) is 34.3 Å². The van der Waals surface area contributed by atoms with Crippen LogP contribution in [0.1, 0.15) is 33.2 Å². The minimum Gasteiger partial charge on any atom is -0.484 e. The van der Waals surface area contributed by atoms with E-state index in [1.54, 1.807) is 13.8 Å². The van der Waals surface area contributed by atoms with E-state index in [1.807, 2.05) is 0 Å². The third kappa shape index (κ3) is 12.6. The van der Waals surface area contributed by atoms with Gasteiger partial charge in [0.2, 0.25) is 5.12 Å². The van der Waals surface area contributed by atoms with Gasteiger partial charge in [-0.15, -0.1) is 24.0 Å². The number of carbonyl (C=O) groups is 6. The molecule has 0 radical (unpaired) electrons. The lowest BCUT2D eigenvalue weighted by Crippen LogP contribution is -2.44. The van der Waals surface area contributed by atoms with Crippen molar-refractivity contribution in [3.05, 3.63) is 9.75 Å². The SMILES string of the molecule is CCOC(=O)C(CSN[C@@H](CS)C(=O)S)NC(=O)c1sc(C(=O)NC(CSSN[C@H](C=O)CS)C(=O)OCC)c2c1OCCO2. The Morgan fingerprint density at radius 1 is 0.867 bits per heavy atom. The van der Waals surface area contributed by atoms with Gasteiger partial charge in [-0.1, -0.05) is 22.7 Å². The molecule has 1 aliphatic rings. The van der Waals surface area contributed by atoms with Gasteiger partial charge in [0.05, 0.1) is 25.3 Å². The van der Waals surface area contributed by atoms with E-state index in [0.29, 0.717) is 6.29 Å². The van der Waals surface area contributed by atoms with Crippen LogP contribution in [0.25, 0.3) is 0 Å². The number of hydrogen-bond acceptors (Lipinski definition) is 18. The number of thiophene rings is 1. The summed E-state index contributed by atoms with van der Waals surface area (Å²) in [4.78, 5) is 74.6. The minimum atomic E-state index is -1.14. The second-order valence-corrected chi connectivity index (χ2v) is 13.8. The number of esters is 2. The first-order chi connectivity index (χ1) is 21.6. The Morgan fingerprint density at radius 3 is 1.84 bits per heavy atom. The lowest BCUT2D eigenvalue weighted by Gasteiger charge is -2.20. The number of amides is 2. The van der Waals surface area contributed by atoms with Crippen LogP contribution in [0.15, 0.2) is 0 Å². The number of thiol groups is 3. The zero-order valence-corrected chi connectivity index (χ0v) is 30.0. The first-order valence-corrected chi connectivity index (χ1v) is 19.1. The number of carbonyl (C=O) groups excluding carboxylic acids is 6. The molecule has 252 valence electrons. The third-order valence-corrected chi connectivity index (χ3v) is 10.6. The number of aldehydes is 1. The van der Waals surface area contributed by atoms with Crippen LogP contribution >= 0.6 is 82.9 Å². The fraction of sp³-hybridized carbons (Fsp3) is 0.583. The van der Waals surface area contributed by atoms with Crippen molar-refractivity contribution in [3.8, 4) is 11.5 Å². The first kappa shape index (κ1) is 39.7. The summed E-state index contributed by atoms with van der Waals surface area (Å²) in [5.74, 6) is -2.28. The Hall–Kier alpha value is -1.46. The predicted octanol–water partition coefficient (Wildman–Crippen LogP) is 1.22. The Kier molecular flexibility index (Phi) is 18.9. The fourth-order valence-corrected chi connectivity index (χ4v) is 8.10. The Balaban J connectivity index is 2.23. The maximum atomic E-state index is 13.4. The van der Waals surface area contributed by atoms with Crippen molar-refractivity contribution < 1.29 is 47.7 Å². The quantitative estimate of drug-likeness (QED) is 0.0237. The van der Waals surface area contributed by atoms with Gasteiger partial charge in [-0.3, -0.25) is 19.1 Å². The van der Waals surface area contributed by atoms with Gasteiger partial charge in [0.15, 0.2) is 11.5 Å². The number of hydrogen-bond donors (Lipinski definition) is 7. The molecular weight excluding hydrogens is 729 g/mol. The van der Waals surface area contributed by atoms with Crippen molar-refractivity contribution in [2.24, 2.45) is 0 Å². The normalized spacial score (nSPS) is 14.8. The van der Waals surface area contributed by atoms with E-state index < -0.39 is 53.0 Å². The molecule has 45 heavy (non-hydrogen) atoms. The highest BCUT2D eigenvalue weighted by Crippen LogP contribution is 2.44. The van der Waals surface area contributed by atoms with Crippen LogP contribution in [0.2, 0.25) is 0 Å². The van der Waals surface area contributed by atoms with Crippen LogP contribution in [0.5, 0.6) is 11.5 Å². The predicted molar refractivity (Wildman–Crippen MR) is 185 cm³/mol. The average Bonchev–Trinajstić information content (AvgIpc) is 3.42. The van der Waals surface area contributed by atoms with E-state index >= 15 is 0 Å². The Labute approximate surface area is 292 Å². The van der Waals surface area contributed by atoms with Crippen LogP contribution in [0.4, 0.5) is 0 Å². The molecule has 0 aromatic carbocycles. The summed E-state index contributed by atoms with van der Waals surface area (Å²) >= 11 is 13.7. The zero-order valence-electron chi connectivity index (χ0n) is 24.1. The number of fused-ring (bicyclic) bond motifs is 1. The number of nitrogens with one attached hydrogen (secondary N) is 4. The smallest absolute Gasteiger partial charge is 0.329 e. The molecule has 1 aliphatic heterocycles. The molecule has 0 spiro atoms. The standard InChI is InChI=1S/C24H34N4O10S7/c1-3-35-22(32)14(10-42-28-13(9-40)24(34)41)25-20(30)18-16-17(38-6-5-37-16)19(44-18)21(31)26-15(23(33)36-4-2)11-43-45-27-12(7-29)8-39/h7,12-15,27-28,39-40H,3-6,8-11H2,1-2H3,(H,25,30)(H,26,31)(H,34,41)/t12-,13+,14?,15?/m1/s1. The summed E-state index contributed by atoms with van der Waals surface area (Å²) in [7, 11) is 2.29. The van der Waals surface area contributed by atoms with Crippen LogP contribution in [0.3, 0.4) is 0 Å². The lowest BCUT2D eigenvalue weighted by atomic mass is 10.2. The molecule has 0 saturated heterocycles. The van der Waals surface area contributed by atoms with Gasteiger partial charge in [-0.2, -0.15) is 25.3 Å². The van der Waals surface area contributed by atoms with E-state index in [-0.39, 0.29) is 70.7 Å². The van der Waals surface area contributed by atoms with E-state index in [9.17, 15) is 28.8 Å². The molecule has 4 atom stereocenters. The number of ether oxygens (including phenoxy) is 4. The molecular formula is C24H34N4O10S7. The fourth-order valence-electron chi connectivity index (χ4n) is 3.22. The molecule has 0 fully saturated rings. The summed E-state index contributed by atoms with van der Waals surface area (Å²) in [6, 6.07) is -3.40. The maximum Gasteiger partial charge on any atom is 0.329 e. The monoisotopic (exact) mass is 762 g/mol. The average molecular weight is 763 g/mol. The first-order valence-electron chi connectivity index (χ1n) is 13.3. The Morgan fingerprint density at radius 2 is 1.40 bits per heavy atom. The van der Waals surface area contributed by atoms with Gasteiger partial charge in [0.1, 0.15) is 41.3 Å². The van der Waals surface area contributed by atoms with Gasteiger partial charge < -0.3 is 34.4 Å². The van der Waals surface area contributed by atoms with Crippen LogP contribution in [-0.2, 0) is 28.7 Å². The molecule has 0 bridgehead atoms. The highest BCUT2D eigenvalue weighted by atomic mass is 33.1. The molecule has 2 heterocycles. The summed E-state index contributed by atoms with van der Waals surface area (Å²) < 4.78 is 27.3.